The Bertz CT molecular complexity index is 537. The lowest BCUT2D eigenvalue weighted by Crippen LogP contribution is -2.28. The zero-order valence-electron chi connectivity index (χ0n) is 12.1. The summed E-state index contributed by atoms with van der Waals surface area (Å²) in [4.78, 5) is 23.2. The highest BCUT2D eigenvalue weighted by molar-refractivity contribution is 5.87. The Morgan fingerprint density at radius 2 is 2.19 bits per heavy atom. The second kappa shape index (κ2) is 8.59. The van der Waals surface area contributed by atoms with Crippen LogP contribution in [0.4, 0.5) is 10.5 Å². The number of amides is 1. The molecule has 0 radical (unpaired) electrons. The molecule has 0 heterocycles. The molecule has 0 bridgehead atoms. The first-order valence-electron chi connectivity index (χ1n) is 6.71. The molecule has 1 atom stereocenters. The average molecular weight is 290 g/mol. The van der Waals surface area contributed by atoms with Gasteiger partial charge in [-0.3, -0.25) is 5.32 Å². The molecule has 1 aromatic rings. The minimum Gasteiger partial charge on any atom is -0.463 e. The van der Waals surface area contributed by atoms with E-state index in [2.05, 4.69) is 5.32 Å². The van der Waals surface area contributed by atoms with Crippen molar-refractivity contribution in [3.63, 3.8) is 0 Å². The highest BCUT2D eigenvalue weighted by Gasteiger charge is 2.19. The van der Waals surface area contributed by atoms with Crippen LogP contribution in [0, 0.1) is 11.3 Å². The van der Waals surface area contributed by atoms with Gasteiger partial charge < -0.3 is 9.47 Å². The smallest absolute Gasteiger partial charge is 0.412 e. The fourth-order valence-electron chi connectivity index (χ4n) is 1.46. The highest BCUT2D eigenvalue weighted by Crippen LogP contribution is 2.10. The van der Waals surface area contributed by atoms with E-state index in [-0.39, 0.29) is 0 Å². The van der Waals surface area contributed by atoms with Gasteiger partial charge in [0.1, 0.15) is 0 Å². The van der Waals surface area contributed by atoms with Crippen LogP contribution in [0.1, 0.15) is 32.3 Å². The number of nitrogens with one attached hydrogen (secondary N) is 1. The molecular weight excluding hydrogens is 272 g/mol. The van der Waals surface area contributed by atoms with Crippen molar-refractivity contribution in [1.29, 1.82) is 5.26 Å². The van der Waals surface area contributed by atoms with Gasteiger partial charge in [0.25, 0.3) is 0 Å². The molecule has 1 aromatic carbocycles. The first-order valence-corrected chi connectivity index (χ1v) is 6.71. The van der Waals surface area contributed by atoms with E-state index in [1.165, 1.54) is 13.0 Å². The number of rotatable bonds is 6. The Kier molecular flexibility index (Phi) is 6.75. The van der Waals surface area contributed by atoms with Crippen molar-refractivity contribution >= 4 is 17.7 Å². The zero-order chi connectivity index (χ0) is 15.7. The first kappa shape index (κ1) is 16.5. The summed E-state index contributed by atoms with van der Waals surface area (Å²) in [5.41, 5.74) is 0.838. The molecule has 0 fully saturated rings. The molecule has 0 aliphatic heterocycles. The predicted molar refractivity (Wildman–Crippen MR) is 76.6 cm³/mol. The summed E-state index contributed by atoms with van der Waals surface area (Å²) in [5, 5.41) is 11.2. The van der Waals surface area contributed by atoms with Crippen LogP contribution in [0.5, 0.6) is 0 Å². The molecule has 112 valence electrons. The number of carbonyl (C=O) groups excluding carboxylic acids is 2. The monoisotopic (exact) mass is 290 g/mol. The lowest BCUT2D eigenvalue weighted by molar-refractivity contribution is -0.152. The molecule has 1 amide bonds. The van der Waals surface area contributed by atoms with Crippen LogP contribution >= 0.6 is 0 Å². The van der Waals surface area contributed by atoms with E-state index in [1.54, 1.807) is 18.2 Å². The minimum atomic E-state index is -0.985. The minimum absolute atomic E-state index is 0.314. The van der Waals surface area contributed by atoms with Crippen LogP contribution in [-0.2, 0) is 14.3 Å². The molecule has 0 aliphatic rings. The summed E-state index contributed by atoms with van der Waals surface area (Å²) in [6.07, 6.45) is -0.0739. The summed E-state index contributed by atoms with van der Waals surface area (Å²) in [5.74, 6) is -0.579. The Labute approximate surface area is 123 Å². The first-order chi connectivity index (χ1) is 10.1. The number of hydrogen-bond acceptors (Lipinski definition) is 5. The lowest BCUT2D eigenvalue weighted by atomic mass is 10.2. The van der Waals surface area contributed by atoms with Gasteiger partial charge in [-0.05, 0) is 31.5 Å². The van der Waals surface area contributed by atoms with E-state index >= 15 is 0 Å². The second-order valence-corrected chi connectivity index (χ2v) is 4.39. The van der Waals surface area contributed by atoms with Crippen molar-refractivity contribution in [2.75, 3.05) is 11.9 Å². The largest absolute Gasteiger partial charge is 0.463 e. The van der Waals surface area contributed by atoms with E-state index in [0.29, 0.717) is 17.9 Å². The van der Waals surface area contributed by atoms with Gasteiger partial charge in [-0.25, -0.2) is 9.59 Å². The molecule has 0 saturated heterocycles. The third kappa shape index (κ3) is 5.95. The van der Waals surface area contributed by atoms with Crippen molar-refractivity contribution in [2.24, 2.45) is 0 Å². The van der Waals surface area contributed by atoms with Crippen molar-refractivity contribution in [3.05, 3.63) is 29.8 Å². The SMILES string of the molecule is CCCCOC(=O)[C@@H](C)OC(=O)Nc1cccc(C#N)c1. The van der Waals surface area contributed by atoms with Gasteiger partial charge >= 0.3 is 12.1 Å². The van der Waals surface area contributed by atoms with E-state index in [4.69, 9.17) is 14.7 Å². The van der Waals surface area contributed by atoms with E-state index in [9.17, 15) is 9.59 Å². The van der Waals surface area contributed by atoms with Crippen LogP contribution in [0.25, 0.3) is 0 Å². The number of nitriles is 1. The van der Waals surface area contributed by atoms with Gasteiger partial charge in [0.2, 0.25) is 0 Å². The fourth-order valence-corrected chi connectivity index (χ4v) is 1.46. The molecule has 21 heavy (non-hydrogen) atoms. The third-order valence-corrected chi connectivity index (χ3v) is 2.60. The summed E-state index contributed by atoms with van der Waals surface area (Å²) in [6.45, 7) is 3.74. The van der Waals surface area contributed by atoms with Gasteiger partial charge in [0, 0.05) is 5.69 Å². The number of unbranched alkanes of at least 4 members (excludes halogenated alkanes) is 1. The molecule has 0 spiro atoms. The van der Waals surface area contributed by atoms with Gasteiger partial charge in [-0.2, -0.15) is 5.26 Å². The Morgan fingerprint density at radius 3 is 2.86 bits per heavy atom. The number of ether oxygens (including phenoxy) is 2. The Hall–Kier alpha value is -2.55. The summed E-state index contributed by atoms with van der Waals surface area (Å²) in [7, 11) is 0. The Balaban J connectivity index is 2.45. The number of anilines is 1. The molecule has 0 saturated carbocycles. The quantitative estimate of drug-likeness (QED) is 0.643. The maximum Gasteiger partial charge on any atom is 0.412 e. The van der Waals surface area contributed by atoms with Crippen LogP contribution in [0.3, 0.4) is 0 Å². The van der Waals surface area contributed by atoms with Crippen LogP contribution in [-0.4, -0.2) is 24.8 Å². The highest BCUT2D eigenvalue weighted by atomic mass is 16.6. The van der Waals surface area contributed by atoms with E-state index < -0.39 is 18.2 Å². The maximum atomic E-state index is 11.6. The number of nitrogens with zero attached hydrogens (tertiary/aromatic N) is 1. The second-order valence-electron chi connectivity index (χ2n) is 4.39. The Morgan fingerprint density at radius 1 is 1.43 bits per heavy atom. The van der Waals surface area contributed by atoms with Crippen molar-refractivity contribution in [2.45, 2.75) is 32.8 Å². The van der Waals surface area contributed by atoms with Crippen LogP contribution < -0.4 is 5.32 Å². The van der Waals surface area contributed by atoms with Crippen molar-refractivity contribution in [3.8, 4) is 6.07 Å². The molecule has 0 aromatic heterocycles. The lowest BCUT2D eigenvalue weighted by Gasteiger charge is -2.13. The van der Waals surface area contributed by atoms with Gasteiger partial charge in [-0.1, -0.05) is 19.4 Å². The number of esters is 1. The molecule has 1 N–H and O–H groups in total. The molecule has 1 rings (SSSR count). The van der Waals surface area contributed by atoms with Crippen molar-refractivity contribution in [1.82, 2.24) is 0 Å². The van der Waals surface area contributed by atoms with E-state index in [1.807, 2.05) is 13.0 Å². The number of carbonyl (C=O) groups is 2. The normalized spacial score (nSPS) is 11.1. The van der Waals surface area contributed by atoms with Crippen LogP contribution in [0.2, 0.25) is 0 Å². The van der Waals surface area contributed by atoms with E-state index in [0.717, 1.165) is 12.8 Å². The summed E-state index contributed by atoms with van der Waals surface area (Å²) < 4.78 is 9.86. The maximum absolute atomic E-state index is 11.6. The van der Waals surface area contributed by atoms with Gasteiger partial charge in [0.15, 0.2) is 6.10 Å². The fraction of sp³-hybridized carbons (Fsp3) is 0.400. The van der Waals surface area contributed by atoms with Crippen molar-refractivity contribution < 1.29 is 19.1 Å². The third-order valence-electron chi connectivity index (χ3n) is 2.60. The zero-order valence-corrected chi connectivity index (χ0v) is 12.1. The molecule has 6 heteroatoms. The standard InChI is InChI=1S/C15H18N2O4/c1-3-4-8-20-14(18)11(2)21-15(19)17-13-7-5-6-12(9-13)10-16/h5-7,9,11H,3-4,8H2,1-2H3,(H,17,19)/t11-/m1/s1. The summed E-state index contributed by atoms with van der Waals surface area (Å²) in [6, 6.07) is 8.34. The number of hydrogen-bond donors (Lipinski definition) is 1. The molecule has 0 aliphatic carbocycles. The molecular formula is C15H18N2O4. The molecule has 0 unspecified atom stereocenters. The average Bonchev–Trinajstić information content (AvgIpc) is 2.47. The number of benzene rings is 1. The van der Waals surface area contributed by atoms with Crippen LogP contribution in [0.15, 0.2) is 24.3 Å². The summed E-state index contributed by atoms with van der Waals surface area (Å²) >= 11 is 0. The van der Waals surface area contributed by atoms with Gasteiger partial charge in [0.05, 0.1) is 18.2 Å². The van der Waals surface area contributed by atoms with Gasteiger partial charge in [-0.15, -0.1) is 0 Å². The predicted octanol–water partition coefficient (Wildman–Crippen LogP) is 2.84. The molecule has 6 nitrogen and oxygen atoms in total. The topological polar surface area (TPSA) is 88.4 Å².